The van der Waals surface area contributed by atoms with E-state index in [1.807, 2.05) is 6.92 Å². The zero-order valence-corrected chi connectivity index (χ0v) is 16.6. The molecule has 0 fully saturated rings. The number of aliphatic imine (C=N–C) groups is 1. The van der Waals surface area contributed by atoms with Gasteiger partial charge in [0.1, 0.15) is 5.41 Å². The molecule has 1 unspecified atom stereocenters. The first-order chi connectivity index (χ1) is 12.5. The normalized spacial score (nSPS) is 19.9. The maximum absolute atomic E-state index is 14.1. The first kappa shape index (κ1) is 20.2. The molecule has 2 aromatic rings. The fourth-order valence-corrected chi connectivity index (χ4v) is 4.08. The van der Waals surface area contributed by atoms with Crippen LogP contribution in [0.3, 0.4) is 0 Å². The zero-order chi connectivity index (χ0) is 20.0. The summed E-state index contributed by atoms with van der Waals surface area (Å²) in [6.45, 7) is 5.10. The monoisotopic (exact) mass is 431 g/mol. The highest BCUT2D eigenvalue weighted by Gasteiger charge is 2.58. The van der Waals surface area contributed by atoms with Crippen molar-refractivity contribution in [3.8, 4) is 0 Å². The van der Waals surface area contributed by atoms with Gasteiger partial charge in [-0.3, -0.25) is 4.99 Å². The van der Waals surface area contributed by atoms with E-state index >= 15 is 0 Å². The first-order valence-corrected chi connectivity index (χ1v) is 9.19. The quantitative estimate of drug-likeness (QED) is 0.486. The highest BCUT2D eigenvalue weighted by atomic mass is 35.5. The molecule has 0 amide bonds. The Morgan fingerprint density at radius 3 is 2.26 bits per heavy atom. The predicted octanol–water partition coefficient (Wildman–Crippen LogP) is 7.20. The van der Waals surface area contributed by atoms with Gasteiger partial charge in [-0.15, -0.1) is 0 Å². The Morgan fingerprint density at radius 2 is 1.74 bits per heavy atom. The summed E-state index contributed by atoms with van der Waals surface area (Å²) in [5.74, 6) is 0. The van der Waals surface area contributed by atoms with Crippen molar-refractivity contribution in [1.29, 1.82) is 0 Å². The van der Waals surface area contributed by atoms with Gasteiger partial charge in [0, 0.05) is 27.2 Å². The van der Waals surface area contributed by atoms with Crippen LogP contribution in [0.2, 0.25) is 10.0 Å². The molecule has 0 N–H and O–H groups in total. The van der Waals surface area contributed by atoms with Gasteiger partial charge in [-0.25, -0.2) is 0 Å². The van der Waals surface area contributed by atoms with Crippen molar-refractivity contribution in [2.75, 3.05) is 6.54 Å². The molecule has 1 atom stereocenters. The molecule has 2 aromatic carbocycles. The van der Waals surface area contributed by atoms with E-state index in [4.69, 9.17) is 34.8 Å². The fraction of sp³-hybridized carbons (Fsp3) is 0.250. The van der Waals surface area contributed by atoms with E-state index in [9.17, 15) is 13.2 Å². The maximum Gasteiger partial charge on any atom is 0.400 e. The van der Waals surface area contributed by atoms with Crippen LogP contribution in [0.4, 0.5) is 13.2 Å². The van der Waals surface area contributed by atoms with Crippen molar-refractivity contribution in [1.82, 2.24) is 0 Å². The molecule has 1 heterocycles. The SMILES string of the molecule is C=C(Cl)c1ccc(C2=NCC(c3cc(Cl)cc(Cl)c3)(C(F)(F)F)C2)cc1C. The molecule has 0 bridgehead atoms. The van der Waals surface area contributed by atoms with Crippen molar-refractivity contribution >= 4 is 45.5 Å². The average Bonchev–Trinajstić information content (AvgIpc) is 3.00. The second kappa shape index (κ2) is 7.16. The standard InChI is InChI=1S/C20H15Cl3F3N/c1-11-5-13(3-4-17(11)12(2)21)18-9-19(10-27-18,20(24,25)26)14-6-15(22)8-16(23)7-14/h3-8H,2,9-10H2,1H3. The Kier molecular flexibility index (Phi) is 5.37. The number of nitrogens with zero attached hydrogens (tertiary/aromatic N) is 1. The molecule has 142 valence electrons. The molecule has 0 aliphatic carbocycles. The Labute approximate surface area is 170 Å². The lowest BCUT2D eigenvalue weighted by Crippen LogP contribution is -2.43. The fourth-order valence-electron chi connectivity index (χ4n) is 3.35. The van der Waals surface area contributed by atoms with Crippen LogP contribution in [0.1, 0.15) is 28.7 Å². The van der Waals surface area contributed by atoms with Crippen molar-refractivity contribution in [2.45, 2.75) is 24.9 Å². The lowest BCUT2D eigenvalue weighted by Gasteiger charge is -2.31. The summed E-state index contributed by atoms with van der Waals surface area (Å²) in [4.78, 5) is 4.23. The summed E-state index contributed by atoms with van der Waals surface area (Å²) < 4.78 is 42.3. The minimum Gasteiger partial charge on any atom is -0.288 e. The van der Waals surface area contributed by atoms with Crippen molar-refractivity contribution in [2.24, 2.45) is 4.99 Å². The molecule has 27 heavy (non-hydrogen) atoms. The molecular weight excluding hydrogens is 418 g/mol. The van der Waals surface area contributed by atoms with Crippen molar-refractivity contribution in [3.05, 3.63) is 75.3 Å². The number of benzene rings is 2. The van der Waals surface area contributed by atoms with Gasteiger partial charge in [0.05, 0.1) is 6.54 Å². The predicted molar refractivity (Wildman–Crippen MR) is 106 cm³/mol. The Balaban J connectivity index is 2.02. The molecule has 7 heteroatoms. The third-order valence-corrected chi connectivity index (χ3v) is 5.46. The van der Waals surface area contributed by atoms with Gasteiger partial charge in [-0.2, -0.15) is 13.2 Å². The third kappa shape index (κ3) is 3.75. The van der Waals surface area contributed by atoms with E-state index in [1.165, 1.54) is 18.2 Å². The maximum atomic E-state index is 14.1. The van der Waals surface area contributed by atoms with E-state index in [-0.39, 0.29) is 22.0 Å². The van der Waals surface area contributed by atoms with Crippen LogP contribution in [0.5, 0.6) is 0 Å². The zero-order valence-electron chi connectivity index (χ0n) is 14.3. The van der Waals surface area contributed by atoms with E-state index in [1.54, 1.807) is 18.2 Å². The summed E-state index contributed by atoms with van der Waals surface area (Å²) in [5, 5.41) is 0.705. The largest absolute Gasteiger partial charge is 0.400 e. The summed E-state index contributed by atoms with van der Waals surface area (Å²) in [6, 6.07) is 9.27. The molecule has 0 aromatic heterocycles. The van der Waals surface area contributed by atoms with Crippen LogP contribution >= 0.6 is 34.8 Å². The van der Waals surface area contributed by atoms with E-state index in [0.717, 1.165) is 11.1 Å². The minimum absolute atomic E-state index is 0.0220. The molecular formula is C20H15Cl3F3N. The molecule has 1 aliphatic rings. The van der Waals surface area contributed by atoms with Crippen molar-refractivity contribution < 1.29 is 13.2 Å². The summed E-state index contributed by atoms with van der Waals surface area (Å²) in [5.41, 5.74) is 0.466. The lowest BCUT2D eigenvalue weighted by atomic mass is 9.76. The van der Waals surface area contributed by atoms with Gasteiger partial charge < -0.3 is 0 Å². The van der Waals surface area contributed by atoms with Gasteiger partial charge in [-0.05, 0) is 53.4 Å². The van der Waals surface area contributed by atoms with Gasteiger partial charge >= 0.3 is 6.18 Å². The lowest BCUT2D eigenvalue weighted by molar-refractivity contribution is -0.183. The summed E-state index contributed by atoms with van der Waals surface area (Å²) in [7, 11) is 0. The average molecular weight is 433 g/mol. The summed E-state index contributed by atoms with van der Waals surface area (Å²) >= 11 is 17.8. The van der Waals surface area contributed by atoms with Crippen LogP contribution in [0.15, 0.2) is 48.0 Å². The highest BCUT2D eigenvalue weighted by Crippen LogP contribution is 2.48. The Hall–Kier alpha value is -1.49. The second-order valence-corrected chi connectivity index (χ2v) is 7.94. The molecule has 0 saturated carbocycles. The van der Waals surface area contributed by atoms with Gasteiger partial charge in [0.25, 0.3) is 0 Å². The van der Waals surface area contributed by atoms with Crippen molar-refractivity contribution in [3.63, 3.8) is 0 Å². The van der Waals surface area contributed by atoms with Crippen LogP contribution < -0.4 is 0 Å². The van der Waals surface area contributed by atoms with E-state index in [0.29, 0.717) is 16.3 Å². The van der Waals surface area contributed by atoms with Crippen LogP contribution in [-0.2, 0) is 5.41 Å². The number of rotatable bonds is 3. The summed E-state index contributed by atoms with van der Waals surface area (Å²) in [6.07, 6.45) is -4.79. The number of halogens is 6. The van der Waals surface area contributed by atoms with Gasteiger partial charge in [0.2, 0.25) is 0 Å². The molecule has 1 nitrogen and oxygen atoms in total. The van der Waals surface area contributed by atoms with Gasteiger partial charge in [-0.1, -0.05) is 53.5 Å². The number of aryl methyl sites for hydroxylation is 1. The molecule has 0 saturated heterocycles. The topological polar surface area (TPSA) is 12.4 Å². The van der Waals surface area contributed by atoms with E-state index < -0.39 is 18.1 Å². The molecule has 0 spiro atoms. The Morgan fingerprint density at radius 1 is 1.11 bits per heavy atom. The molecule has 0 radical (unpaired) electrons. The van der Waals surface area contributed by atoms with E-state index in [2.05, 4.69) is 11.6 Å². The second-order valence-electron chi connectivity index (χ2n) is 6.61. The number of hydrogen-bond acceptors (Lipinski definition) is 1. The Bertz CT molecular complexity index is 930. The smallest absolute Gasteiger partial charge is 0.288 e. The minimum atomic E-state index is -4.51. The number of alkyl halides is 3. The number of hydrogen-bond donors (Lipinski definition) is 0. The highest BCUT2D eigenvalue weighted by molar-refractivity contribution is 6.48. The molecule has 1 aliphatic heterocycles. The molecule has 3 rings (SSSR count). The van der Waals surface area contributed by atoms with Crippen LogP contribution in [0, 0.1) is 6.92 Å². The van der Waals surface area contributed by atoms with Crippen LogP contribution in [0.25, 0.3) is 5.03 Å². The van der Waals surface area contributed by atoms with Gasteiger partial charge in [0.15, 0.2) is 0 Å². The first-order valence-electron chi connectivity index (χ1n) is 8.06. The van der Waals surface area contributed by atoms with Crippen LogP contribution in [-0.4, -0.2) is 18.4 Å². The third-order valence-electron chi connectivity index (χ3n) is 4.82.